The third-order valence-electron chi connectivity index (χ3n) is 4.59. The lowest BCUT2D eigenvalue weighted by Crippen LogP contribution is -2.51. The molecule has 1 aliphatic heterocycles. The van der Waals surface area contributed by atoms with Crippen molar-refractivity contribution in [2.24, 2.45) is 5.92 Å². The molecule has 2 N–H and O–H groups in total. The van der Waals surface area contributed by atoms with Gasteiger partial charge < -0.3 is 15.3 Å². The zero-order valence-electron chi connectivity index (χ0n) is 14.4. The molecule has 0 unspecified atom stereocenters. The standard InChI is InChI=1S/C20H22N2O3/c1-3-18(24)21-15-9-10-17(23)16(11-15)20(25)22-12-13(2)19(22)14-7-5-4-6-8-14/h4-11,13,19,23H,3,12H2,1-2H3,(H,21,24)/t13-,19+/m0/s1. The van der Waals surface area contributed by atoms with Crippen LogP contribution in [0, 0.1) is 5.92 Å². The van der Waals surface area contributed by atoms with Crippen molar-refractivity contribution in [1.29, 1.82) is 0 Å². The Labute approximate surface area is 147 Å². The number of anilines is 1. The van der Waals surface area contributed by atoms with Gasteiger partial charge in [-0.2, -0.15) is 0 Å². The van der Waals surface area contributed by atoms with Crippen LogP contribution in [0.2, 0.25) is 0 Å². The number of phenolic OH excluding ortho intramolecular Hbond substituents is 1. The van der Waals surface area contributed by atoms with Crippen LogP contribution >= 0.6 is 0 Å². The summed E-state index contributed by atoms with van der Waals surface area (Å²) < 4.78 is 0. The molecule has 2 aromatic carbocycles. The molecule has 2 amide bonds. The Morgan fingerprint density at radius 1 is 1.20 bits per heavy atom. The van der Waals surface area contributed by atoms with E-state index in [4.69, 9.17) is 0 Å². The van der Waals surface area contributed by atoms with Crippen molar-refractivity contribution >= 4 is 17.5 Å². The summed E-state index contributed by atoms with van der Waals surface area (Å²) >= 11 is 0. The summed E-state index contributed by atoms with van der Waals surface area (Å²) in [5, 5.41) is 12.8. The maximum atomic E-state index is 12.9. The first-order valence-electron chi connectivity index (χ1n) is 8.50. The van der Waals surface area contributed by atoms with Gasteiger partial charge in [0.15, 0.2) is 0 Å². The van der Waals surface area contributed by atoms with Crippen LogP contribution in [0.15, 0.2) is 48.5 Å². The number of likely N-dealkylation sites (tertiary alicyclic amines) is 1. The molecule has 25 heavy (non-hydrogen) atoms. The number of hydrogen-bond donors (Lipinski definition) is 2. The van der Waals surface area contributed by atoms with Crippen molar-refractivity contribution in [1.82, 2.24) is 4.90 Å². The van der Waals surface area contributed by atoms with E-state index in [-0.39, 0.29) is 29.2 Å². The van der Waals surface area contributed by atoms with E-state index in [0.29, 0.717) is 24.6 Å². The quantitative estimate of drug-likeness (QED) is 0.837. The lowest BCUT2D eigenvalue weighted by Gasteiger charge is -2.47. The highest BCUT2D eigenvalue weighted by Crippen LogP contribution is 2.40. The molecule has 0 aliphatic carbocycles. The first kappa shape index (κ1) is 17.0. The highest BCUT2D eigenvalue weighted by molar-refractivity contribution is 6.00. The molecule has 5 heteroatoms. The number of carbonyl (C=O) groups is 2. The first-order valence-corrected chi connectivity index (χ1v) is 8.50. The van der Waals surface area contributed by atoms with Crippen molar-refractivity contribution < 1.29 is 14.7 Å². The van der Waals surface area contributed by atoms with E-state index in [1.165, 1.54) is 12.1 Å². The fourth-order valence-corrected chi connectivity index (χ4v) is 3.25. The number of hydrogen-bond acceptors (Lipinski definition) is 3. The summed E-state index contributed by atoms with van der Waals surface area (Å²) in [6.07, 6.45) is 0.351. The molecule has 3 rings (SSSR count). The van der Waals surface area contributed by atoms with Gasteiger partial charge in [0, 0.05) is 18.7 Å². The molecule has 2 atom stereocenters. The molecule has 5 nitrogen and oxygen atoms in total. The molecular formula is C20H22N2O3. The molecule has 0 bridgehead atoms. The summed E-state index contributed by atoms with van der Waals surface area (Å²) in [6.45, 7) is 4.51. The molecule has 0 saturated carbocycles. The van der Waals surface area contributed by atoms with Crippen molar-refractivity contribution in [3.63, 3.8) is 0 Å². The van der Waals surface area contributed by atoms with Gasteiger partial charge in [0.1, 0.15) is 5.75 Å². The highest BCUT2D eigenvalue weighted by Gasteiger charge is 2.40. The van der Waals surface area contributed by atoms with E-state index < -0.39 is 0 Å². The SMILES string of the molecule is CCC(=O)Nc1ccc(O)c(C(=O)N2C[C@H](C)[C@@H]2c2ccccc2)c1. The summed E-state index contributed by atoms with van der Waals surface area (Å²) in [5.74, 6) is -0.0804. The van der Waals surface area contributed by atoms with Crippen LogP contribution in [0.1, 0.15) is 42.2 Å². The van der Waals surface area contributed by atoms with Gasteiger partial charge in [0.25, 0.3) is 5.91 Å². The van der Waals surface area contributed by atoms with E-state index in [9.17, 15) is 14.7 Å². The van der Waals surface area contributed by atoms with Crippen LogP contribution < -0.4 is 5.32 Å². The average Bonchev–Trinajstić information content (AvgIpc) is 2.61. The van der Waals surface area contributed by atoms with Gasteiger partial charge >= 0.3 is 0 Å². The average molecular weight is 338 g/mol. The van der Waals surface area contributed by atoms with Crippen LogP contribution in [0.25, 0.3) is 0 Å². The van der Waals surface area contributed by atoms with E-state index in [0.717, 1.165) is 5.56 Å². The number of benzene rings is 2. The van der Waals surface area contributed by atoms with Gasteiger partial charge in [-0.15, -0.1) is 0 Å². The lowest BCUT2D eigenvalue weighted by atomic mass is 9.84. The second kappa shape index (κ2) is 6.97. The molecule has 0 radical (unpaired) electrons. The Hall–Kier alpha value is -2.82. The van der Waals surface area contributed by atoms with Crippen LogP contribution in [-0.2, 0) is 4.79 Å². The Balaban J connectivity index is 1.85. The van der Waals surface area contributed by atoms with E-state index in [2.05, 4.69) is 12.2 Å². The number of aromatic hydroxyl groups is 1. The third-order valence-corrected chi connectivity index (χ3v) is 4.59. The predicted octanol–water partition coefficient (Wildman–Crippen LogP) is 3.57. The number of phenols is 1. The van der Waals surface area contributed by atoms with E-state index in [1.807, 2.05) is 30.3 Å². The number of rotatable bonds is 4. The highest BCUT2D eigenvalue weighted by atomic mass is 16.3. The number of nitrogens with zero attached hydrogens (tertiary/aromatic N) is 1. The van der Waals surface area contributed by atoms with E-state index >= 15 is 0 Å². The van der Waals surface area contributed by atoms with Gasteiger partial charge in [0.2, 0.25) is 5.91 Å². The largest absolute Gasteiger partial charge is 0.507 e. The summed E-state index contributed by atoms with van der Waals surface area (Å²) in [5.41, 5.74) is 1.81. The minimum atomic E-state index is -0.225. The Morgan fingerprint density at radius 3 is 2.56 bits per heavy atom. The molecule has 1 heterocycles. The van der Waals surface area contributed by atoms with Gasteiger partial charge in [-0.1, -0.05) is 44.2 Å². The zero-order valence-corrected chi connectivity index (χ0v) is 14.4. The Morgan fingerprint density at radius 2 is 1.92 bits per heavy atom. The molecule has 1 aliphatic rings. The van der Waals surface area contributed by atoms with Crippen LogP contribution in [0.5, 0.6) is 5.75 Å². The second-order valence-corrected chi connectivity index (χ2v) is 6.42. The van der Waals surface area contributed by atoms with Crippen molar-refractivity contribution in [3.8, 4) is 5.75 Å². The Kier molecular flexibility index (Phi) is 4.74. The van der Waals surface area contributed by atoms with Crippen molar-refractivity contribution in [3.05, 3.63) is 59.7 Å². The molecule has 1 fully saturated rings. The number of amides is 2. The van der Waals surface area contributed by atoms with Crippen molar-refractivity contribution in [2.45, 2.75) is 26.3 Å². The second-order valence-electron chi connectivity index (χ2n) is 6.42. The topological polar surface area (TPSA) is 69.6 Å². The number of carbonyl (C=O) groups excluding carboxylic acids is 2. The monoisotopic (exact) mass is 338 g/mol. The maximum absolute atomic E-state index is 12.9. The smallest absolute Gasteiger partial charge is 0.258 e. The van der Waals surface area contributed by atoms with Crippen LogP contribution in [0.4, 0.5) is 5.69 Å². The first-order chi connectivity index (χ1) is 12.0. The molecule has 1 saturated heterocycles. The summed E-state index contributed by atoms with van der Waals surface area (Å²) in [4.78, 5) is 26.3. The molecule has 0 spiro atoms. The maximum Gasteiger partial charge on any atom is 0.258 e. The fourth-order valence-electron chi connectivity index (χ4n) is 3.25. The molecular weight excluding hydrogens is 316 g/mol. The molecule has 130 valence electrons. The Bertz CT molecular complexity index is 789. The minimum absolute atomic E-state index is 0.00184. The summed E-state index contributed by atoms with van der Waals surface area (Å²) in [6, 6.07) is 14.5. The summed E-state index contributed by atoms with van der Waals surface area (Å²) in [7, 11) is 0. The third kappa shape index (κ3) is 3.36. The van der Waals surface area contributed by atoms with Crippen LogP contribution in [0.3, 0.4) is 0 Å². The zero-order chi connectivity index (χ0) is 18.0. The van der Waals surface area contributed by atoms with Gasteiger partial charge in [-0.3, -0.25) is 9.59 Å². The van der Waals surface area contributed by atoms with Crippen molar-refractivity contribution in [2.75, 3.05) is 11.9 Å². The van der Waals surface area contributed by atoms with Gasteiger partial charge in [-0.25, -0.2) is 0 Å². The fraction of sp³-hybridized carbons (Fsp3) is 0.300. The van der Waals surface area contributed by atoms with Crippen LogP contribution in [-0.4, -0.2) is 28.4 Å². The number of nitrogens with one attached hydrogen (secondary N) is 1. The molecule has 0 aromatic heterocycles. The van der Waals surface area contributed by atoms with E-state index in [1.54, 1.807) is 17.9 Å². The molecule has 2 aromatic rings. The minimum Gasteiger partial charge on any atom is -0.507 e. The predicted molar refractivity (Wildman–Crippen MR) is 96.4 cm³/mol. The lowest BCUT2D eigenvalue weighted by molar-refractivity contribution is -0.115. The normalized spacial score (nSPS) is 19.2. The van der Waals surface area contributed by atoms with Gasteiger partial charge in [-0.05, 0) is 29.7 Å². The van der Waals surface area contributed by atoms with Gasteiger partial charge in [0.05, 0.1) is 11.6 Å².